The van der Waals surface area contributed by atoms with Gasteiger partial charge in [-0.3, -0.25) is 4.79 Å². The van der Waals surface area contributed by atoms with Gasteiger partial charge in [-0.05, 0) is 44.0 Å². The minimum absolute atomic E-state index is 0.0132. The summed E-state index contributed by atoms with van der Waals surface area (Å²) in [5.74, 6) is -0.126. The van der Waals surface area contributed by atoms with E-state index in [1.165, 1.54) is 5.56 Å². The largest absolute Gasteiger partial charge is 0.384 e. The monoisotopic (exact) mass is 257 g/mol. The lowest BCUT2D eigenvalue weighted by molar-refractivity contribution is 0.0752. The summed E-state index contributed by atoms with van der Waals surface area (Å²) in [5, 5.41) is 12.1. The summed E-state index contributed by atoms with van der Waals surface area (Å²) in [5.41, 5.74) is 3.05. The van der Waals surface area contributed by atoms with E-state index in [2.05, 4.69) is 11.4 Å². The first-order chi connectivity index (χ1) is 9.15. The van der Waals surface area contributed by atoms with Gasteiger partial charge in [0.15, 0.2) is 0 Å². The van der Waals surface area contributed by atoms with Crippen LogP contribution in [-0.4, -0.2) is 30.4 Å². The van der Waals surface area contributed by atoms with Crippen molar-refractivity contribution in [3.8, 4) is 6.07 Å². The van der Waals surface area contributed by atoms with E-state index in [-0.39, 0.29) is 11.8 Å². The Morgan fingerprint density at radius 3 is 3.05 bits per heavy atom. The molecule has 1 unspecified atom stereocenters. The highest BCUT2D eigenvalue weighted by Gasteiger charge is 2.19. The number of fused-ring (bicyclic) bond motifs is 1. The molecule has 0 aliphatic carbocycles. The molecule has 0 spiro atoms. The molecule has 1 aliphatic rings. The topological polar surface area (TPSA) is 56.1 Å². The van der Waals surface area contributed by atoms with Crippen molar-refractivity contribution in [2.75, 3.05) is 25.0 Å². The summed E-state index contributed by atoms with van der Waals surface area (Å²) >= 11 is 0. The number of anilines is 1. The van der Waals surface area contributed by atoms with Crippen LogP contribution >= 0.6 is 0 Å². The van der Waals surface area contributed by atoms with Crippen LogP contribution in [0.25, 0.3) is 0 Å². The fourth-order valence-electron chi connectivity index (χ4n) is 2.35. The average molecular weight is 257 g/mol. The molecular formula is C15H19N3O. The first-order valence-electron chi connectivity index (χ1n) is 6.71. The van der Waals surface area contributed by atoms with E-state index < -0.39 is 0 Å². The third kappa shape index (κ3) is 2.87. The number of carbonyl (C=O) groups is 1. The van der Waals surface area contributed by atoms with E-state index in [4.69, 9.17) is 5.26 Å². The molecule has 1 aromatic rings. The van der Waals surface area contributed by atoms with Gasteiger partial charge in [0.1, 0.15) is 0 Å². The Morgan fingerprint density at radius 1 is 1.58 bits per heavy atom. The molecule has 1 heterocycles. The van der Waals surface area contributed by atoms with E-state index in [1.807, 2.05) is 32.0 Å². The van der Waals surface area contributed by atoms with Crippen LogP contribution in [0.3, 0.4) is 0 Å². The van der Waals surface area contributed by atoms with Gasteiger partial charge in [0.05, 0.1) is 12.0 Å². The normalized spacial score (nSPS) is 14.2. The summed E-state index contributed by atoms with van der Waals surface area (Å²) in [4.78, 5) is 14.2. The standard InChI is InChI=1S/C15H19N3O/c1-3-18(10-11(2)9-16)15(19)13-4-5-14-12(8-13)6-7-17-14/h4-5,8,11,17H,3,6-7,10H2,1-2H3. The van der Waals surface area contributed by atoms with Gasteiger partial charge in [-0.1, -0.05) is 0 Å². The quantitative estimate of drug-likeness (QED) is 0.900. The minimum atomic E-state index is -0.139. The lowest BCUT2D eigenvalue weighted by Crippen LogP contribution is -2.34. The summed E-state index contributed by atoms with van der Waals surface area (Å²) in [6, 6.07) is 7.97. The molecule has 0 saturated carbocycles. The maximum absolute atomic E-state index is 12.4. The van der Waals surface area contributed by atoms with Crippen LogP contribution in [0.2, 0.25) is 0 Å². The minimum Gasteiger partial charge on any atom is -0.384 e. The third-order valence-corrected chi connectivity index (χ3v) is 3.45. The molecule has 0 aromatic heterocycles. The Kier molecular flexibility index (Phi) is 4.06. The van der Waals surface area contributed by atoms with Gasteiger partial charge in [-0.15, -0.1) is 0 Å². The van der Waals surface area contributed by atoms with Crippen molar-refractivity contribution < 1.29 is 4.79 Å². The summed E-state index contributed by atoms with van der Waals surface area (Å²) in [7, 11) is 0. The van der Waals surface area contributed by atoms with Gasteiger partial charge in [-0.2, -0.15) is 5.26 Å². The predicted octanol–water partition coefficient (Wildman–Crippen LogP) is 2.28. The summed E-state index contributed by atoms with van der Waals surface area (Å²) < 4.78 is 0. The number of nitrogens with zero attached hydrogens (tertiary/aromatic N) is 2. The molecule has 4 nitrogen and oxygen atoms in total. The smallest absolute Gasteiger partial charge is 0.253 e. The zero-order valence-electron chi connectivity index (χ0n) is 11.4. The zero-order valence-corrected chi connectivity index (χ0v) is 11.4. The molecule has 1 amide bonds. The van der Waals surface area contributed by atoms with Crippen molar-refractivity contribution in [2.24, 2.45) is 5.92 Å². The Balaban J connectivity index is 2.16. The number of hydrogen-bond donors (Lipinski definition) is 1. The summed E-state index contributed by atoms with van der Waals surface area (Å²) in [6.45, 7) is 5.83. The van der Waals surface area contributed by atoms with Gasteiger partial charge >= 0.3 is 0 Å². The Morgan fingerprint density at radius 2 is 2.37 bits per heavy atom. The SMILES string of the molecule is CCN(CC(C)C#N)C(=O)c1ccc2c(c1)CCN2. The second-order valence-electron chi connectivity index (χ2n) is 4.92. The fraction of sp³-hybridized carbons (Fsp3) is 0.467. The highest BCUT2D eigenvalue weighted by atomic mass is 16.2. The van der Waals surface area contributed by atoms with Crippen LogP contribution in [0.15, 0.2) is 18.2 Å². The average Bonchev–Trinajstić information content (AvgIpc) is 2.90. The van der Waals surface area contributed by atoms with E-state index in [9.17, 15) is 4.79 Å². The predicted molar refractivity (Wildman–Crippen MR) is 75.0 cm³/mol. The zero-order chi connectivity index (χ0) is 13.8. The van der Waals surface area contributed by atoms with Crippen LogP contribution in [0.1, 0.15) is 29.8 Å². The van der Waals surface area contributed by atoms with Gasteiger partial charge in [0.2, 0.25) is 0 Å². The number of rotatable bonds is 4. The van der Waals surface area contributed by atoms with Gasteiger partial charge in [0.25, 0.3) is 5.91 Å². The first-order valence-corrected chi connectivity index (χ1v) is 6.71. The molecule has 2 rings (SSSR count). The number of benzene rings is 1. The van der Waals surface area contributed by atoms with Crippen molar-refractivity contribution in [3.63, 3.8) is 0 Å². The lowest BCUT2D eigenvalue weighted by Gasteiger charge is -2.22. The third-order valence-electron chi connectivity index (χ3n) is 3.45. The molecule has 1 atom stereocenters. The fourth-order valence-corrected chi connectivity index (χ4v) is 2.35. The van der Waals surface area contributed by atoms with Crippen LogP contribution in [0, 0.1) is 17.2 Å². The van der Waals surface area contributed by atoms with Crippen molar-refractivity contribution in [2.45, 2.75) is 20.3 Å². The van der Waals surface area contributed by atoms with Crippen molar-refractivity contribution >= 4 is 11.6 Å². The number of hydrogen-bond acceptors (Lipinski definition) is 3. The van der Waals surface area contributed by atoms with Crippen LogP contribution < -0.4 is 5.32 Å². The number of amides is 1. The molecule has 1 aliphatic heterocycles. The Bertz CT molecular complexity index is 519. The first kappa shape index (κ1) is 13.4. The highest BCUT2D eigenvalue weighted by molar-refractivity contribution is 5.95. The number of carbonyl (C=O) groups excluding carboxylic acids is 1. The highest BCUT2D eigenvalue weighted by Crippen LogP contribution is 2.23. The van der Waals surface area contributed by atoms with Crippen molar-refractivity contribution in [1.29, 1.82) is 5.26 Å². The van der Waals surface area contributed by atoms with E-state index in [0.717, 1.165) is 24.2 Å². The summed E-state index contributed by atoms with van der Waals surface area (Å²) in [6.07, 6.45) is 0.969. The Labute approximate surface area is 114 Å². The maximum Gasteiger partial charge on any atom is 0.253 e. The molecule has 0 radical (unpaired) electrons. The van der Waals surface area contributed by atoms with Crippen LogP contribution in [0.4, 0.5) is 5.69 Å². The Hall–Kier alpha value is -2.02. The second-order valence-corrected chi connectivity index (χ2v) is 4.92. The van der Waals surface area contributed by atoms with E-state index >= 15 is 0 Å². The van der Waals surface area contributed by atoms with Crippen LogP contribution in [0.5, 0.6) is 0 Å². The molecule has 0 bridgehead atoms. The maximum atomic E-state index is 12.4. The van der Waals surface area contributed by atoms with E-state index in [0.29, 0.717) is 13.1 Å². The molecule has 0 fully saturated rings. The van der Waals surface area contributed by atoms with Crippen LogP contribution in [-0.2, 0) is 6.42 Å². The molecular weight excluding hydrogens is 238 g/mol. The van der Waals surface area contributed by atoms with Gasteiger partial charge in [0, 0.05) is 30.9 Å². The molecule has 0 saturated heterocycles. The molecule has 1 aromatic carbocycles. The lowest BCUT2D eigenvalue weighted by atomic mass is 10.1. The van der Waals surface area contributed by atoms with Gasteiger partial charge < -0.3 is 10.2 Å². The van der Waals surface area contributed by atoms with Crippen molar-refractivity contribution in [3.05, 3.63) is 29.3 Å². The van der Waals surface area contributed by atoms with Crippen molar-refractivity contribution in [1.82, 2.24) is 4.90 Å². The molecule has 4 heteroatoms. The van der Waals surface area contributed by atoms with E-state index in [1.54, 1.807) is 4.90 Å². The number of nitriles is 1. The molecule has 1 N–H and O–H groups in total. The second kappa shape index (κ2) is 5.75. The molecule has 100 valence electrons. The number of nitrogens with one attached hydrogen (secondary N) is 1. The van der Waals surface area contributed by atoms with Gasteiger partial charge in [-0.25, -0.2) is 0 Å². The molecule has 19 heavy (non-hydrogen) atoms.